The number of carbonyl (C=O) groups excluding carboxylic acids is 1. The molecule has 0 spiro atoms. The van der Waals surface area contributed by atoms with Crippen LogP contribution >= 0.6 is 11.6 Å². The van der Waals surface area contributed by atoms with Crippen molar-refractivity contribution in [2.75, 3.05) is 18.0 Å². The molecule has 3 aromatic rings. The van der Waals surface area contributed by atoms with Gasteiger partial charge in [-0.25, -0.2) is 8.42 Å². The molecule has 34 heavy (non-hydrogen) atoms. The summed E-state index contributed by atoms with van der Waals surface area (Å²) in [5.41, 5.74) is 1.29. The van der Waals surface area contributed by atoms with E-state index in [0.29, 0.717) is 22.9 Å². The highest BCUT2D eigenvalue weighted by Crippen LogP contribution is 2.37. The normalized spacial score (nSPS) is 16.2. The molecule has 0 bridgehead atoms. The van der Waals surface area contributed by atoms with Crippen LogP contribution in [-0.2, 0) is 14.8 Å². The number of fused-ring (bicyclic) bond motifs is 1. The summed E-state index contributed by atoms with van der Waals surface area (Å²) in [5, 5.41) is 3.43. The summed E-state index contributed by atoms with van der Waals surface area (Å²) in [6.45, 7) is 1.80. The van der Waals surface area contributed by atoms with Crippen LogP contribution in [0.25, 0.3) is 0 Å². The highest BCUT2D eigenvalue weighted by Gasteiger charge is 2.38. The molecule has 3 aromatic carbocycles. The second-order valence-electron chi connectivity index (χ2n) is 7.81. The van der Waals surface area contributed by atoms with E-state index in [1.54, 1.807) is 31.4 Å². The molecule has 0 saturated carbocycles. The van der Waals surface area contributed by atoms with Gasteiger partial charge in [-0.05, 0) is 60.5 Å². The summed E-state index contributed by atoms with van der Waals surface area (Å²) in [4.78, 5) is 13.3. The van der Waals surface area contributed by atoms with Gasteiger partial charge >= 0.3 is 0 Å². The van der Waals surface area contributed by atoms with E-state index < -0.39 is 22.0 Å². The van der Waals surface area contributed by atoms with Crippen molar-refractivity contribution in [3.63, 3.8) is 0 Å². The summed E-state index contributed by atoms with van der Waals surface area (Å²) < 4.78 is 39.3. The topological polar surface area (TPSA) is 84.9 Å². The first kappa shape index (κ1) is 23.9. The maximum absolute atomic E-state index is 13.5. The lowest BCUT2D eigenvalue weighted by atomic mass is 10.0. The molecule has 178 valence electrons. The third kappa shape index (κ3) is 4.83. The van der Waals surface area contributed by atoms with Crippen LogP contribution in [0, 0.1) is 0 Å². The van der Waals surface area contributed by atoms with Crippen LogP contribution < -0.4 is 19.1 Å². The van der Waals surface area contributed by atoms with Gasteiger partial charge in [-0.1, -0.05) is 42.8 Å². The number of sulfonamides is 1. The van der Waals surface area contributed by atoms with Crippen molar-refractivity contribution < 1.29 is 22.7 Å². The fraction of sp³-hybridized carbons (Fsp3) is 0.240. The number of nitrogens with zero attached hydrogens (tertiary/aromatic N) is 1. The minimum absolute atomic E-state index is 0.0810. The Kier molecular flexibility index (Phi) is 7.00. The number of methoxy groups -OCH3 is 1. The van der Waals surface area contributed by atoms with Gasteiger partial charge in [-0.2, -0.15) is 0 Å². The molecular weight excluding hydrogens is 476 g/mol. The van der Waals surface area contributed by atoms with Gasteiger partial charge in [-0.15, -0.1) is 0 Å². The first-order valence-corrected chi connectivity index (χ1v) is 12.6. The molecule has 0 aliphatic carbocycles. The molecule has 7 nitrogen and oxygen atoms in total. The largest absolute Gasteiger partial charge is 0.497 e. The Balaban J connectivity index is 1.60. The van der Waals surface area contributed by atoms with Gasteiger partial charge in [0.15, 0.2) is 6.10 Å². The van der Waals surface area contributed by atoms with Gasteiger partial charge in [0.2, 0.25) is 0 Å². The SMILES string of the molecule is CC[C@@H](NC(=O)[C@H]1CN(S(=O)(=O)c2ccc(Cl)cc2)c2ccccc2O1)c1ccc(OC)cc1. The van der Waals surface area contributed by atoms with Crippen molar-refractivity contribution in [1.29, 1.82) is 0 Å². The maximum Gasteiger partial charge on any atom is 0.264 e. The molecule has 4 rings (SSSR count). The average Bonchev–Trinajstić information content (AvgIpc) is 2.86. The number of rotatable bonds is 7. The quantitative estimate of drug-likeness (QED) is 0.513. The third-order valence-electron chi connectivity index (χ3n) is 5.67. The van der Waals surface area contributed by atoms with Gasteiger partial charge in [0.25, 0.3) is 15.9 Å². The number of amides is 1. The zero-order chi connectivity index (χ0) is 24.3. The van der Waals surface area contributed by atoms with Crippen LogP contribution in [0.2, 0.25) is 5.02 Å². The van der Waals surface area contributed by atoms with Crippen LogP contribution in [0.5, 0.6) is 11.5 Å². The zero-order valence-electron chi connectivity index (χ0n) is 18.8. The summed E-state index contributed by atoms with van der Waals surface area (Å²) in [6.07, 6.45) is -0.377. The molecule has 2 atom stereocenters. The molecule has 1 heterocycles. The van der Waals surface area contributed by atoms with E-state index >= 15 is 0 Å². The van der Waals surface area contributed by atoms with E-state index in [1.165, 1.54) is 28.6 Å². The predicted octanol–water partition coefficient (Wildman–Crippen LogP) is 4.57. The number of hydrogen-bond acceptors (Lipinski definition) is 5. The maximum atomic E-state index is 13.5. The third-order valence-corrected chi connectivity index (χ3v) is 7.72. The second kappa shape index (κ2) is 9.95. The molecular formula is C25H25ClN2O5S. The highest BCUT2D eigenvalue weighted by molar-refractivity contribution is 7.92. The molecule has 1 amide bonds. The second-order valence-corrected chi connectivity index (χ2v) is 10.1. The van der Waals surface area contributed by atoms with Crippen molar-refractivity contribution in [2.45, 2.75) is 30.4 Å². The van der Waals surface area contributed by atoms with Crippen molar-refractivity contribution in [3.8, 4) is 11.5 Å². The van der Waals surface area contributed by atoms with E-state index in [0.717, 1.165) is 11.3 Å². The van der Waals surface area contributed by atoms with Crippen LogP contribution in [0.3, 0.4) is 0 Å². The van der Waals surface area contributed by atoms with Gasteiger partial charge in [0.05, 0.1) is 30.3 Å². The number of benzene rings is 3. The zero-order valence-corrected chi connectivity index (χ0v) is 20.3. The Morgan fingerprint density at radius 1 is 1.12 bits per heavy atom. The molecule has 0 unspecified atom stereocenters. The Bertz CT molecular complexity index is 1260. The Hall–Kier alpha value is -3.23. The van der Waals surface area contributed by atoms with Crippen molar-refractivity contribution in [3.05, 3.63) is 83.4 Å². The monoisotopic (exact) mass is 500 g/mol. The standard InChI is InChI=1S/C25H25ClN2O5S/c1-3-21(17-8-12-19(32-2)13-9-17)27-25(29)24-16-28(22-6-4-5-7-23(22)33-24)34(30,31)20-14-10-18(26)11-15-20/h4-15,21,24H,3,16H2,1-2H3,(H,27,29)/t21-,24-/m1/s1. The highest BCUT2D eigenvalue weighted by atomic mass is 35.5. The van der Waals surface area contributed by atoms with E-state index in [9.17, 15) is 13.2 Å². The van der Waals surface area contributed by atoms with Crippen molar-refractivity contribution in [2.24, 2.45) is 0 Å². The Morgan fingerprint density at radius 3 is 2.44 bits per heavy atom. The average molecular weight is 501 g/mol. The fourth-order valence-corrected chi connectivity index (χ4v) is 5.42. The first-order chi connectivity index (χ1) is 16.3. The van der Waals surface area contributed by atoms with Crippen molar-refractivity contribution >= 4 is 33.2 Å². The van der Waals surface area contributed by atoms with Crippen molar-refractivity contribution in [1.82, 2.24) is 5.32 Å². The number of nitrogens with one attached hydrogen (secondary N) is 1. The lowest BCUT2D eigenvalue weighted by molar-refractivity contribution is -0.128. The molecule has 0 fully saturated rings. The molecule has 0 radical (unpaired) electrons. The number of carbonyl (C=O) groups is 1. The molecule has 0 saturated heterocycles. The molecule has 1 aliphatic rings. The number of halogens is 1. The summed E-state index contributed by atoms with van der Waals surface area (Å²) in [5.74, 6) is 0.651. The van der Waals surface area contributed by atoms with E-state index in [1.807, 2.05) is 31.2 Å². The van der Waals surface area contributed by atoms with Crippen LogP contribution in [-0.4, -0.2) is 34.1 Å². The van der Waals surface area contributed by atoms with Crippen LogP contribution in [0.4, 0.5) is 5.69 Å². The van der Waals surface area contributed by atoms with Gasteiger partial charge < -0.3 is 14.8 Å². The summed E-state index contributed by atoms with van der Waals surface area (Å²) >= 11 is 5.93. The Labute approximate surface area is 204 Å². The number of hydrogen-bond donors (Lipinski definition) is 1. The van der Waals surface area contributed by atoms with E-state index in [2.05, 4.69) is 5.32 Å². The Morgan fingerprint density at radius 2 is 1.79 bits per heavy atom. The minimum Gasteiger partial charge on any atom is -0.497 e. The molecule has 1 aliphatic heterocycles. The van der Waals surface area contributed by atoms with Gasteiger partial charge in [-0.3, -0.25) is 9.10 Å². The molecule has 0 aromatic heterocycles. The smallest absolute Gasteiger partial charge is 0.264 e. The van der Waals surface area contributed by atoms with Crippen LogP contribution in [0.15, 0.2) is 77.7 Å². The summed E-state index contributed by atoms with van der Waals surface area (Å²) in [7, 11) is -2.36. The number of ether oxygens (including phenoxy) is 2. The fourth-order valence-electron chi connectivity index (χ4n) is 3.82. The predicted molar refractivity (Wildman–Crippen MR) is 131 cm³/mol. The first-order valence-electron chi connectivity index (χ1n) is 10.8. The summed E-state index contributed by atoms with van der Waals surface area (Å²) in [6, 6.07) is 19.9. The minimum atomic E-state index is -3.95. The molecule has 9 heteroatoms. The van der Waals surface area contributed by atoms with Crippen LogP contribution in [0.1, 0.15) is 24.9 Å². The number of anilines is 1. The van der Waals surface area contributed by atoms with Gasteiger partial charge in [0, 0.05) is 5.02 Å². The lowest BCUT2D eigenvalue weighted by Crippen LogP contribution is -2.51. The van der Waals surface area contributed by atoms with E-state index in [4.69, 9.17) is 21.1 Å². The van der Waals surface area contributed by atoms with Gasteiger partial charge in [0.1, 0.15) is 11.5 Å². The lowest BCUT2D eigenvalue weighted by Gasteiger charge is -2.35. The number of para-hydroxylation sites is 2. The molecule has 1 N–H and O–H groups in total. The van der Waals surface area contributed by atoms with E-state index in [-0.39, 0.29) is 17.5 Å².